The molecule has 0 aliphatic carbocycles. The molecule has 0 saturated carbocycles. The summed E-state index contributed by atoms with van der Waals surface area (Å²) >= 11 is 0. The Balaban J connectivity index is 0.00000162. The first-order chi connectivity index (χ1) is 15.8. The van der Waals surface area contributed by atoms with Gasteiger partial charge in [0.25, 0.3) is 0 Å². The Morgan fingerprint density at radius 2 is 1.24 bits per heavy atom. The van der Waals surface area contributed by atoms with Crippen LogP contribution in [0.5, 0.6) is 0 Å². The van der Waals surface area contributed by atoms with E-state index in [1.165, 1.54) is 44.2 Å². The molecule has 0 spiro atoms. The van der Waals surface area contributed by atoms with Crippen LogP contribution < -0.4 is 0 Å². The zero-order valence-corrected chi connectivity index (χ0v) is 18.0. The number of terminal acetylenes is 1. The first-order valence-corrected chi connectivity index (χ1v) is 11.0. The first kappa shape index (κ1) is 24.6. The van der Waals surface area contributed by atoms with E-state index in [0.717, 1.165) is 18.4 Å². The molecular weight excluding hydrogens is 408 g/mol. The van der Waals surface area contributed by atoms with Gasteiger partial charge in [0.2, 0.25) is 0 Å². The van der Waals surface area contributed by atoms with Crippen molar-refractivity contribution in [3.63, 3.8) is 0 Å². The van der Waals surface area contributed by atoms with Crippen LogP contribution in [0.1, 0.15) is 31.5 Å². The van der Waals surface area contributed by atoms with Crippen molar-refractivity contribution in [2.45, 2.75) is 27.7 Å². The summed E-state index contributed by atoms with van der Waals surface area (Å²) in [4.78, 5) is 0. The molecule has 5 aromatic rings. The van der Waals surface area contributed by atoms with E-state index in [2.05, 4.69) is 109 Å². The molecule has 0 radical (unpaired) electrons. The highest BCUT2D eigenvalue weighted by atomic mass is 14.2. The van der Waals surface area contributed by atoms with Crippen LogP contribution >= 0.6 is 0 Å². The fourth-order valence-corrected chi connectivity index (χ4v) is 4.42. The van der Waals surface area contributed by atoms with Gasteiger partial charge in [-0.15, -0.1) is 6.42 Å². The molecule has 0 aromatic heterocycles. The number of fused-ring (bicyclic) bond motifs is 1. The molecule has 0 saturated heterocycles. The maximum atomic E-state index is 5.55. The number of rotatable bonds is 5. The molecule has 0 amide bonds. The van der Waals surface area contributed by atoms with Crippen LogP contribution in [0.25, 0.3) is 33.0 Å². The van der Waals surface area contributed by atoms with Gasteiger partial charge in [0.05, 0.1) is 0 Å². The Kier molecular flexibility index (Phi) is 8.07. The number of aryl methyl sites for hydroxylation is 2. The average Bonchev–Trinajstić information content (AvgIpc) is 2.88. The first-order valence-electron chi connectivity index (χ1n) is 11.0. The largest absolute Gasteiger partial charge is 0.115 e. The highest BCUT2D eigenvalue weighted by Crippen LogP contribution is 2.35. The lowest BCUT2D eigenvalue weighted by Crippen LogP contribution is -1.96. The third-order valence-electron chi connectivity index (χ3n) is 6.05. The quantitative estimate of drug-likeness (QED) is 0.239. The predicted octanol–water partition coefficient (Wildman–Crippen LogP) is 9.21. The summed E-state index contributed by atoms with van der Waals surface area (Å²) in [5.74, 6) is 2.71. The Labute approximate surface area is 204 Å². The van der Waals surface area contributed by atoms with Crippen molar-refractivity contribution in [1.82, 2.24) is 0 Å². The minimum absolute atomic E-state index is 0. The second kappa shape index (κ2) is 11.2. The van der Waals surface area contributed by atoms with Crippen molar-refractivity contribution in [3.8, 4) is 34.6 Å². The van der Waals surface area contributed by atoms with E-state index < -0.39 is 0 Å². The van der Waals surface area contributed by atoms with Crippen molar-refractivity contribution in [2.75, 3.05) is 0 Å². The molecule has 0 unspecified atom stereocenters. The van der Waals surface area contributed by atoms with E-state index in [1.807, 2.05) is 12.1 Å². The zero-order chi connectivity index (χ0) is 21.8. The molecule has 34 heavy (non-hydrogen) atoms. The van der Waals surface area contributed by atoms with Crippen LogP contribution in [-0.4, -0.2) is 0 Å². The van der Waals surface area contributed by atoms with Gasteiger partial charge in [-0.2, -0.15) is 0 Å². The predicted molar refractivity (Wildman–Crippen MR) is 150 cm³/mol. The monoisotopic (exact) mass is 440 g/mol. The van der Waals surface area contributed by atoms with E-state index in [9.17, 15) is 0 Å². The molecule has 0 fully saturated rings. The summed E-state index contributed by atoms with van der Waals surface area (Å²) in [5, 5.41) is 2.62. The maximum absolute atomic E-state index is 5.55. The van der Waals surface area contributed by atoms with Crippen LogP contribution in [0.2, 0.25) is 0 Å². The molecule has 0 heteroatoms. The van der Waals surface area contributed by atoms with Gasteiger partial charge in [-0.05, 0) is 75.2 Å². The Morgan fingerprint density at radius 1 is 0.559 bits per heavy atom. The van der Waals surface area contributed by atoms with Crippen LogP contribution in [0.15, 0.2) is 115 Å². The van der Waals surface area contributed by atoms with Gasteiger partial charge in [-0.3, -0.25) is 0 Å². The topological polar surface area (TPSA) is 0 Å². The lowest BCUT2D eigenvalue weighted by molar-refractivity contribution is 0.970. The van der Waals surface area contributed by atoms with Crippen molar-refractivity contribution < 1.29 is 0 Å². The molecular formula is C34H32. The molecule has 0 nitrogen and oxygen atoms in total. The fourth-order valence-electron chi connectivity index (χ4n) is 4.42. The molecule has 0 N–H and O–H groups in total. The van der Waals surface area contributed by atoms with Crippen molar-refractivity contribution in [2.24, 2.45) is 0 Å². The molecule has 0 atom stereocenters. The van der Waals surface area contributed by atoms with E-state index in [-0.39, 0.29) is 14.9 Å². The maximum Gasteiger partial charge on any atom is 0.0243 e. The van der Waals surface area contributed by atoms with Gasteiger partial charge < -0.3 is 0 Å². The number of benzene rings is 5. The van der Waals surface area contributed by atoms with E-state index in [0.29, 0.717) is 0 Å². The van der Waals surface area contributed by atoms with E-state index in [1.54, 1.807) is 0 Å². The van der Waals surface area contributed by atoms with Gasteiger partial charge in [0.15, 0.2) is 0 Å². The molecule has 168 valence electrons. The summed E-state index contributed by atoms with van der Waals surface area (Å²) in [7, 11) is 0. The molecule has 0 heterocycles. The highest BCUT2D eigenvalue weighted by Gasteiger charge is 2.12. The van der Waals surface area contributed by atoms with Crippen molar-refractivity contribution in [1.29, 1.82) is 0 Å². The molecule has 5 aromatic carbocycles. The van der Waals surface area contributed by atoms with Gasteiger partial charge in [-0.25, -0.2) is 0 Å². The zero-order valence-electron chi connectivity index (χ0n) is 18.0. The molecule has 0 aliphatic heterocycles. The standard InChI is InChI=1S/C32H24.2CH4/c1-2-24-16-19-26(20-17-24)30-22-28-14-9-15-31(27-12-7-4-8-13-27)32(28)29(23-30)21-18-25-10-5-3-6-11-25;;/h1,3-17,19-20,22-23H,18,21H2;2*1H4. The Bertz CT molecular complexity index is 1390. The Morgan fingerprint density at radius 3 is 1.91 bits per heavy atom. The lowest BCUT2D eigenvalue weighted by Gasteiger charge is -2.15. The van der Waals surface area contributed by atoms with Crippen molar-refractivity contribution in [3.05, 3.63) is 132 Å². The number of hydrogen-bond donors (Lipinski definition) is 0. The van der Waals surface area contributed by atoms with Crippen LogP contribution in [0.3, 0.4) is 0 Å². The smallest absolute Gasteiger partial charge is 0.0243 e. The summed E-state index contributed by atoms with van der Waals surface area (Å²) in [5.41, 5.74) is 8.62. The van der Waals surface area contributed by atoms with Crippen LogP contribution in [-0.2, 0) is 12.8 Å². The van der Waals surface area contributed by atoms with Gasteiger partial charge in [-0.1, -0.05) is 118 Å². The number of hydrogen-bond acceptors (Lipinski definition) is 0. The minimum Gasteiger partial charge on any atom is -0.115 e. The van der Waals surface area contributed by atoms with Gasteiger partial charge in [0, 0.05) is 5.56 Å². The molecule has 5 rings (SSSR count). The summed E-state index contributed by atoms with van der Waals surface area (Å²) in [6.07, 6.45) is 7.55. The third-order valence-corrected chi connectivity index (χ3v) is 6.05. The molecule has 0 bridgehead atoms. The van der Waals surface area contributed by atoms with Crippen LogP contribution in [0.4, 0.5) is 0 Å². The highest BCUT2D eigenvalue weighted by molar-refractivity contribution is 6.01. The van der Waals surface area contributed by atoms with Crippen LogP contribution in [0, 0.1) is 12.3 Å². The summed E-state index contributed by atoms with van der Waals surface area (Å²) in [6, 6.07) is 41.0. The van der Waals surface area contributed by atoms with Gasteiger partial charge in [0.1, 0.15) is 0 Å². The average molecular weight is 441 g/mol. The van der Waals surface area contributed by atoms with E-state index in [4.69, 9.17) is 6.42 Å². The van der Waals surface area contributed by atoms with Crippen molar-refractivity contribution >= 4 is 10.8 Å². The summed E-state index contributed by atoms with van der Waals surface area (Å²) in [6.45, 7) is 0. The third kappa shape index (κ3) is 5.11. The van der Waals surface area contributed by atoms with E-state index >= 15 is 0 Å². The SMILES string of the molecule is C.C.C#Cc1ccc(-c2cc(CCc3ccccc3)c3c(-c4ccccc4)cccc3c2)cc1. The molecule has 0 aliphatic rings. The van der Waals surface area contributed by atoms with Gasteiger partial charge >= 0.3 is 0 Å². The fraction of sp³-hybridized carbons (Fsp3) is 0.118. The normalized spacial score (nSPS) is 10.1. The Hall–Kier alpha value is -4.08. The minimum atomic E-state index is 0. The second-order valence-corrected chi connectivity index (χ2v) is 8.11. The second-order valence-electron chi connectivity index (χ2n) is 8.11. The lowest BCUT2D eigenvalue weighted by atomic mass is 9.89. The summed E-state index contributed by atoms with van der Waals surface area (Å²) < 4.78 is 0.